The molecule has 0 aromatic heterocycles. The molecular weight excluding hydrogens is 340 g/mol. The molecule has 3 rings (SSSR count). The molecule has 7 heteroatoms. The lowest BCUT2D eigenvalue weighted by Crippen LogP contribution is -2.41. The van der Waals surface area contributed by atoms with Crippen LogP contribution in [0.5, 0.6) is 0 Å². The van der Waals surface area contributed by atoms with E-state index in [9.17, 15) is 13.2 Å². The van der Waals surface area contributed by atoms with Crippen molar-refractivity contribution in [2.45, 2.75) is 23.8 Å². The van der Waals surface area contributed by atoms with Crippen molar-refractivity contribution in [1.29, 1.82) is 0 Å². The average molecular weight is 362 g/mol. The van der Waals surface area contributed by atoms with Crippen LogP contribution in [0.3, 0.4) is 0 Å². The Kier molecular flexibility index (Phi) is 4.71. The Morgan fingerprint density at radius 2 is 1.84 bits per heavy atom. The van der Waals surface area contributed by atoms with Crippen LogP contribution in [0.2, 0.25) is 0 Å². The molecule has 134 valence electrons. The van der Waals surface area contributed by atoms with E-state index in [4.69, 9.17) is 4.74 Å². The van der Waals surface area contributed by atoms with Gasteiger partial charge in [-0.05, 0) is 25.0 Å². The standard InChI is InChI=1S/C18H22N2O4S/c1-19(2)15-9-4-8-14-13(15)7-5-11-17(14)25(22,23)20-12-6-10-16(20)18(21)24-3/h4-5,7-9,11,16H,6,10,12H2,1-3H3. The highest BCUT2D eigenvalue weighted by Gasteiger charge is 2.40. The maximum Gasteiger partial charge on any atom is 0.324 e. The zero-order valence-corrected chi connectivity index (χ0v) is 15.4. The highest BCUT2D eigenvalue weighted by molar-refractivity contribution is 7.89. The first-order chi connectivity index (χ1) is 11.9. The fourth-order valence-electron chi connectivity index (χ4n) is 3.41. The molecule has 0 radical (unpaired) electrons. The molecule has 1 aliphatic heterocycles. The number of benzene rings is 2. The Balaban J connectivity index is 2.15. The van der Waals surface area contributed by atoms with Crippen LogP contribution in [-0.4, -0.2) is 52.5 Å². The first-order valence-corrected chi connectivity index (χ1v) is 9.60. The Morgan fingerprint density at radius 1 is 1.16 bits per heavy atom. The number of hydrogen-bond donors (Lipinski definition) is 0. The smallest absolute Gasteiger partial charge is 0.324 e. The van der Waals surface area contributed by atoms with Gasteiger partial charge in [-0.3, -0.25) is 4.79 Å². The quantitative estimate of drug-likeness (QED) is 0.781. The molecular formula is C18H22N2O4S. The number of hydrogen-bond acceptors (Lipinski definition) is 5. The van der Waals surface area contributed by atoms with Gasteiger partial charge in [-0.2, -0.15) is 4.31 Å². The minimum Gasteiger partial charge on any atom is -0.468 e. The monoisotopic (exact) mass is 362 g/mol. The molecule has 1 aliphatic rings. The molecule has 1 saturated heterocycles. The normalized spacial score (nSPS) is 18.4. The Labute approximate surface area is 148 Å². The number of esters is 1. The number of anilines is 1. The van der Waals surface area contributed by atoms with Crippen LogP contribution in [0.15, 0.2) is 41.3 Å². The molecule has 0 aliphatic carbocycles. The van der Waals surface area contributed by atoms with Gasteiger partial charge in [-0.25, -0.2) is 8.42 Å². The van der Waals surface area contributed by atoms with Gasteiger partial charge in [0.15, 0.2) is 0 Å². The van der Waals surface area contributed by atoms with E-state index < -0.39 is 22.0 Å². The first-order valence-electron chi connectivity index (χ1n) is 8.16. The van der Waals surface area contributed by atoms with Crippen molar-refractivity contribution >= 4 is 32.5 Å². The van der Waals surface area contributed by atoms with Gasteiger partial charge in [0.25, 0.3) is 0 Å². The summed E-state index contributed by atoms with van der Waals surface area (Å²) in [5.74, 6) is -0.504. The van der Waals surface area contributed by atoms with Crippen molar-refractivity contribution < 1.29 is 17.9 Å². The van der Waals surface area contributed by atoms with Crippen LogP contribution in [0.4, 0.5) is 5.69 Å². The number of fused-ring (bicyclic) bond motifs is 1. The summed E-state index contributed by atoms with van der Waals surface area (Å²) in [5.41, 5.74) is 0.945. The molecule has 2 aromatic carbocycles. The lowest BCUT2D eigenvalue weighted by molar-refractivity contribution is -0.144. The minimum absolute atomic E-state index is 0.226. The molecule has 1 unspecified atom stereocenters. The van der Waals surface area contributed by atoms with E-state index in [0.29, 0.717) is 24.8 Å². The predicted octanol–water partition coefficient (Wildman–Crippen LogP) is 2.23. The summed E-state index contributed by atoms with van der Waals surface area (Å²) in [6.07, 6.45) is 1.13. The zero-order valence-electron chi connectivity index (χ0n) is 14.6. The lowest BCUT2D eigenvalue weighted by atomic mass is 10.1. The Morgan fingerprint density at radius 3 is 2.52 bits per heavy atom. The highest BCUT2D eigenvalue weighted by atomic mass is 32.2. The first kappa shape index (κ1) is 17.7. The number of ether oxygens (including phenoxy) is 1. The van der Waals surface area contributed by atoms with Gasteiger partial charge < -0.3 is 9.64 Å². The van der Waals surface area contributed by atoms with Crippen LogP contribution in [-0.2, 0) is 19.6 Å². The van der Waals surface area contributed by atoms with Crippen LogP contribution in [0.1, 0.15) is 12.8 Å². The average Bonchev–Trinajstić information content (AvgIpc) is 3.10. The van der Waals surface area contributed by atoms with Crippen LogP contribution < -0.4 is 4.90 Å². The third-order valence-electron chi connectivity index (χ3n) is 4.60. The number of carbonyl (C=O) groups excluding carboxylic acids is 1. The van der Waals surface area contributed by atoms with E-state index in [2.05, 4.69) is 0 Å². The fraction of sp³-hybridized carbons (Fsp3) is 0.389. The molecule has 1 atom stereocenters. The molecule has 1 heterocycles. The number of nitrogens with zero attached hydrogens (tertiary/aromatic N) is 2. The molecule has 25 heavy (non-hydrogen) atoms. The topological polar surface area (TPSA) is 66.9 Å². The van der Waals surface area contributed by atoms with Crippen LogP contribution >= 0.6 is 0 Å². The van der Waals surface area contributed by atoms with E-state index in [0.717, 1.165) is 11.1 Å². The van der Waals surface area contributed by atoms with E-state index in [1.807, 2.05) is 37.2 Å². The molecule has 1 fully saturated rings. The highest BCUT2D eigenvalue weighted by Crippen LogP contribution is 2.34. The van der Waals surface area contributed by atoms with Crippen LogP contribution in [0.25, 0.3) is 10.8 Å². The summed E-state index contributed by atoms with van der Waals surface area (Å²) in [4.78, 5) is 14.2. The van der Waals surface area contributed by atoms with Gasteiger partial charge in [-0.1, -0.05) is 24.3 Å². The van der Waals surface area contributed by atoms with E-state index >= 15 is 0 Å². The van der Waals surface area contributed by atoms with Gasteiger partial charge in [0.2, 0.25) is 10.0 Å². The van der Waals surface area contributed by atoms with E-state index in [1.165, 1.54) is 11.4 Å². The van der Waals surface area contributed by atoms with Crippen molar-refractivity contribution in [3.63, 3.8) is 0 Å². The summed E-state index contributed by atoms with van der Waals surface area (Å²) in [7, 11) is 1.33. The third kappa shape index (κ3) is 2.98. The van der Waals surface area contributed by atoms with Gasteiger partial charge >= 0.3 is 5.97 Å². The maximum atomic E-state index is 13.3. The summed E-state index contributed by atoms with van der Waals surface area (Å²) < 4.78 is 32.6. The van der Waals surface area contributed by atoms with E-state index in [-0.39, 0.29) is 4.90 Å². The Hall–Kier alpha value is -2.12. The molecule has 0 N–H and O–H groups in total. The molecule has 2 aromatic rings. The summed E-state index contributed by atoms with van der Waals surface area (Å²) in [6.45, 7) is 0.325. The van der Waals surface area contributed by atoms with E-state index in [1.54, 1.807) is 18.2 Å². The molecule has 0 saturated carbocycles. The van der Waals surface area contributed by atoms with Gasteiger partial charge in [-0.15, -0.1) is 0 Å². The van der Waals surface area contributed by atoms with Gasteiger partial charge in [0.1, 0.15) is 6.04 Å². The largest absolute Gasteiger partial charge is 0.468 e. The summed E-state index contributed by atoms with van der Waals surface area (Å²) >= 11 is 0. The second-order valence-electron chi connectivity index (χ2n) is 6.32. The minimum atomic E-state index is -3.80. The lowest BCUT2D eigenvalue weighted by Gasteiger charge is -2.23. The van der Waals surface area contributed by atoms with Crippen molar-refractivity contribution in [2.75, 3.05) is 32.6 Å². The summed E-state index contributed by atoms with van der Waals surface area (Å²) in [5, 5.41) is 1.52. The van der Waals surface area contributed by atoms with Crippen molar-refractivity contribution in [2.24, 2.45) is 0 Å². The summed E-state index contributed by atoms with van der Waals surface area (Å²) in [6, 6.07) is 10.1. The molecule has 0 spiro atoms. The fourth-order valence-corrected chi connectivity index (χ4v) is 5.26. The van der Waals surface area contributed by atoms with Crippen molar-refractivity contribution in [1.82, 2.24) is 4.31 Å². The number of sulfonamides is 1. The second-order valence-corrected chi connectivity index (χ2v) is 8.18. The maximum absolute atomic E-state index is 13.3. The van der Waals surface area contributed by atoms with Crippen LogP contribution in [0, 0.1) is 0 Å². The molecule has 0 amide bonds. The third-order valence-corrected chi connectivity index (χ3v) is 6.57. The number of methoxy groups -OCH3 is 1. The Bertz CT molecular complexity index is 908. The molecule has 0 bridgehead atoms. The SMILES string of the molecule is COC(=O)C1CCCN1S(=O)(=O)c1cccc2c(N(C)C)cccc12. The van der Waals surface area contributed by atoms with Gasteiger partial charge in [0, 0.05) is 37.1 Å². The van der Waals surface area contributed by atoms with Gasteiger partial charge in [0.05, 0.1) is 12.0 Å². The predicted molar refractivity (Wildman–Crippen MR) is 97.2 cm³/mol. The molecule has 6 nitrogen and oxygen atoms in total. The van der Waals surface area contributed by atoms with Crippen molar-refractivity contribution in [3.05, 3.63) is 36.4 Å². The number of carbonyl (C=O) groups is 1. The second kappa shape index (κ2) is 6.65. The van der Waals surface area contributed by atoms with Crippen molar-refractivity contribution in [3.8, 4) is 0 Å². The zero-order chi connectivity index (χ0) is 18.2. The number of rotatable bonds is 4.